The van der Waals surface area contributed by atoms with Crippen LogP contribution in [-0.4, -0.2) is 63.1 Å². The summed E-state index contributed by atoms with van der Waals surface area (Å²) in [7, 11) is 1.65. The zero-order chi connectivity index (χ0) is 25.4. The molecule has 0 radical (unpaired) electrons. The number of hydrogen-bond donors (Lipinski definition) is 4. The van der Waals surface area contributed by atoms with Crippen molar-refractivity contribution in [2.75, 3.05) is 13.7 Å². The van der Waals surface area contributed by atoms with Crippen LogP contribution in [0.25, 0.3) is 22.0 Å². The summed E-state index contributed by atoms with van der Waals surface area (Å²) in [5.74, 6) is 0.797. The lowest BCUT2D eigenvalue weighted by Gasteiger charge is -2.40. The van der Waals surface area contributed by atoms with Gasteiger partial charge in [-0.05, 0) is 34.9 Å². The highest BCUT2D eigenvalue weighted by molar-refractivity contribution is 6.35. The van der Waals surface area contributed by atoms with Gasteiger partial charge in [-0.3, -0.25) is 0 Å². The number of aliphatic hydroxyl groups is 4. The molecular formula is C28H28ClNO6. The maximum atomic E-state index is 10.7. The third kappa shape index (κ3) is 4.50. The molecule has 4 aromatic rings. The fraction of sp³-hybridized carbons (Fsp3) is 0.286. The Morgan fingerprint density at radius 2 is 1.67 bits per heavy atom. The smallest absolute Gasteiger partial charge is 0.119 e. The molecule has 2 heterocycles. The second-order valence-electron chi connectivity index (χ2n) is 9.03. The summed E-state index contributed by atoms with van der Waals surface area (Å²) in [6.45, 7) is 0.0243. The van der Waals surface area contributed by atoms with Crippen molar-refractivity contribution in [2.24, 2.45) is 0 Å². The molecule has 1 saturated heterocycles. The summed E-state index contributed by atoms with van der Waals surface area (Å²) in [6.07, 6.45) is -4.33. The van der Waals surface area contributed by atoms with Crippen molar-refractivity contribution in [2.45, 2.75) is 37.1 Å². The van der Waals surface area contributed by atoms with Crippen molar-refractivity contribution in [3.63, 3.8) is 0 Å². The Bertz CT molecular complexity index is 1350. The molecule has 0 aliphatic carbocycles. The number of rotatable bonds is 6. The van der Waals surface area contributed by atoms with Crippen molar-refractivity contribution >= 4 is 22.5 Å². The summed E-state index contributed by atoms with van der Waals surface area (Å²) >= 11 is 6.59. The van der Waals surface area contributed by atoms with E-state index in [-0.39, 0.29) is 0 Å². The topological polar surface area (TPSA) is 104 Å². The molecule has 1 aromatic heterocycles. The van der Waals surface area contributed by atoms with Gasteiger partial charge in [0.05, 0.1) is 24.3 Å². The molecule has 188 valence electrons. The SMILES string of the molecule is COc1cccc(-c2ccc(Cn3cc([C@@H]4O[C@H](CO)[C@@H](O)[C@H](O)[C@H]4O)c4cccc(Cl)c43)cc2)c1. The molecule has 1 aliphatic heterocycles. The normalized spacial score (nSPS) is 24.2. The quantitative estimate of drug-likeness (QED) is 0.317. The number of benzene rings is 3. The average molecular weight is 510 g/mol. The largest absolute Gasteiger partial charge is 0.497 e. The van der Waals surface area contributed by atoms with Gasteiger partial charge in [0.2, 0.25) is 0 Å². The number of aromatic nitrogens is 1. The molecule has 8 heteroatoms. The van der Waals surface area contributed by atoms with Gasteiger partial charge in [0.25, 0.3) is 0 Å². The van der Waals surface area contributed by atoms with E-state index >= 15 is 0 Å². The van der Waals surface area contributed by atoms with E-state index in [1.807, 2.05) is 59.3 Å². The maximum absolute atomic E-state index is 10.7. The molecule has 5 rings (SSSR count). The van der Waals surface area contributed by atoms with Gasteiger partial charge in [0, 0.05) is 23.7 Å². The molecule has 0 bridgehead atoms. The van der Waals surface area contributed by atoms with Crippen molar-refractivity contribution in [1.82, 2.24) is 4.57 Å². The highest BCUT2D eigenvalue weighted by atomic mass is 35.5. The van der Waals surface area contributed by atoms with E-state index in [2.05, 4.69) is 12.1 Å². The van der Waals surface area contributed by atoms with Gasteiger partial charge in [0.15, 0.2) is 0 Å². The summed E-state index contributed by atoms with van der Waals surface area (Å²) in [5.41, 5.74) is 4.55. The minimum absolute atomic E-state index is 0.486. The maximum Gasteiger partial charge on any atom is 0.119 e. The Balaban J connectivity index is 1.49. The fourth-order valence-electron chi connectivity index (χ4n) is 4.85. The molecule has 5 atom stereocenters. The number of fused-ring (bicyclic) bond motifs is 1. The van der Waals surface area contributed by atoms with Crippen molar-refractivity contribution < 1.29 is 29.9 Å². The Labute approximate surface area is 213 Å². The summed E-state index contributed by atoms with van der Waals surface area (Å²) in [6, 6.07) is 21.6. The first kappa shape index (κ1) is 24.8. The molecule has 3 aromatic carbocycles. The van der Waals surface area contributed by atoms with Crippen LogP contribution in [0.1, 0.15) is 17.2 Å². The number of hydrogen-bond acceptors (Lipinski definition) is 6. The molecule has 0 saturated carbocycles. The van der Waals surface area contributed by atoms with Crippen LogP contribution in [-0.2, 0) is 11.3 Å². The van der Waals surface area contributed by atoms with Crippen molar-refractivity contribution in [1.29, 1.82) is 0 Å². The zero-order valence-corrected chi connectivity index (χ0v) is 20.4. The molecule has 1 aliphatic rings. The lowest BCUT2D eigenvalue weighted by atomic mass is 9.91. The van der Waals surface area contributed by atoms with Crippen LogP contribution >= 0.6 is 11.6 Å². The molecule has 0 unspecified atom stereocenters. The molecule has 36 heavy (non-hydrogen) atoms. The van der Waals surface area contributed by atoms with Crippen LogP contribution in [0.2, 0.25) is 5.02 Å². The first-order valence-corrected chi connectivity index (χ1v) is 12.1. The van der Waals surface area contributed by atoms with Gasteiger partial charge in [-0.1, -0.05) is 60.1 Å². The number of aliphatic hydroxyl groups excluding tert-OH is 4. The van der Waals surface area contributed by atoms with E-state index in [0.29, 0.717) is 17.1 Å². The second-order valence-corrected chi connectivity index (χ2v) is 9.43. The Hall–Kier alpha value is -2.91. The number of halogens is 1. The lowest BCUT2D eigenvalue weighted by molar-refractivity contribution is -0.231. The Morgan fingerprint density at radius 3 is 2.39 bits per heavy atom. The molecule has 0 spiro atoms. The molecule has 4 N–H and O–H groups in total. The van der Waals surface area contributed by atoms with Gasteiger partial charge in [-0.2, -0.15) is 0 Å². The van der Waals surface area contributed by atoms with E-state index in [1.165, 1.54) is 0 Å². The van der Waals surface area contributed by atoms with Gasteiger partial charge in [0.1, 0.15) is 36.3 Å². The molecule has 7 nitrogen and oxygen atoms in total. The van der Waals surface area contributed by atoms with Crippen LogP contribution in [0.4, 0.5) is 0 Å². The van der Waals surface area contributed by atoms with Crippen LogP contribution in [0.5, 0.6) is 5.75 Å². The average Bonchev–Trinajstić information content (AvgIpc) is 3.27. The minimum Gasteiger partial charge on any atom is -0.497 e. The first-order valence-electron chi connectivity index (χ1n) is 11.7. The second kappa shape index (κ2) is 10.2. The molecular weight excluding hydrogens is 482 g/mol. The minimum atomic E-state index is -1.46. The summed E-state index contributed by atoms with van der Waals surface area (Å²) in [5, 5.41) is 42.1. The Kier molecular flexibility index (Phi) is 7.03. The Morgan fingerprint density at radius 1 is 0.917 bits per heavy atom. The number of ether oxygens (including phenoxy) is 2. The lowest BCUT2D eigenvalue weighted by Crippen LogP contribution is -2.55. The predicted molar refractivity (Wildman–Crippen MR) is 137 cm³/mol. The number of methoxy groups -OCH3 is 1. The third-order valence-corrected chi connectivity index (χ3v) is 7.09. The van der Waals surface area contributed by atoms with Gasteiger partial charge in [-0.25, -0.2) is 0 Å². The van der Waals surface area contributed by atoms with Gasteiger partial charge < -0.3 is 34.5 Å². The third-order valence-electron chi connectivity index (χ3n) is 6.79. The van der Waals surface area contributed by atoms with E-state index in [9.17, 15) is 20.4 Å². The van der Waals surface area contributed by atoms with Crippen molar-refractivity contribution in [3.05, 3.63) is 89.1 Å². The van der Waals surface area contributed by atoms with E-state index in [1.54, 1.807) is 13.2 Å². The summed E-state index contributed by atoms with van der Waals surface area (Å²) < 4.78 is 13.1. The van der Waals surface area contributed by atoms with Crippen LogP contribution < -0.4 is 4.74 Å². The first-order chi connectivity index (χ1) is 17.4. The number of para-hydroxylation sites is 1. The van der Waals surface area contributed by atoms with E-state index in [0.717, 1.165) is 33.3 Å². The van der Waals surface area contributed by atoms with Gasteiger partial charge >= 0.3 is 0 Å². The molecule has 1 fully saturated rings. The highest BCUT2D eigenvalue weighted by Crippen LogP contribution is 2.39. The van der Waals surface area contributed by atoms with Crippen molar-refractivity contribution in [3.8, 4) is 16.9 Å². The fourth-order valence-corrected chi connectivity index (χ4v) is 5.14. The predicted octanol–water partition coefficient (Wildman–Crippen LogP) is 3.53. The summed E-state index contributed by atoms with van der Waals surface area (Å²) in [4.78, 5) is 0. The number of nitrogens with zero attached hydrogens (tertiary/aromatic N) is 1. The highest BCUT2D eigenvalue weighted by Gasteiger charge is 2.44. The standard InChI is InChI=1S/C28H28ClNO6/c1-35-19-5-2-4-18(12-19)17-10-8-16(9-11-17)13-30-14-21(20-6-3-7-22(29)24(20)30)28-27(34)26(33)25(32)23(15-31)36-28/h2-12,14,23,25-28,31-34H,13,15H2,1H3/t23-,25-,26+,27-,28+/m1/s1. The zero-order valence-electron chi connectivity index (χ0n) is 19.7. The van der Waals surface area contributed by atoms with E-state index in [4.69, 9.17) is 21.1 Å². The van der Waals surface area contributed by atoms with E-state index < -0.39 is 37.1 Å². The van der Waals surface area contributed by atoms with Gasteiger partial charge in [-0.15, -0.1) is 0 Å². The molecule has 0 amide bonds. The monoisotopic (exact) mass is 509 g/mol. The van der Waals surface area contributed by atoms with Crippen LogP contribution in [0.3, 0.4) is 0 Å². The van der Waals surface area contributed by atoms with Crippen LogP contribution in [0, 0.1) is 0 Å². The van der Waals surface area contributed by atoms with Crippen LogP contribution in [0.15, 0.2) is 72.9 Å².